The summed E-state index contributed by atoms with van der Waals surface area (Å²) in [7, 11) is 0. The molecule has 0 saturated carbocycles. The molecule has 0 aromatic heterocycles. The lowest BCUT2D eigenvalue weighted by Gasteiger charge is -2.08. The molecule has 0 atom stereocenters. The predicted octanol–water partition coefficient (Wildman–Crippen LogP) is 2.53. The van der Waals surface area contributed by atoms with Gasteiger partial charge in [0.15, 0.2) is 0 Å². The first-order chi connectivity index (χ1) is 9.40. The molecule has 0 aliphatic carbocycles. The van der Waals surface area contributed by atoms with E-state index < -0.39 is 11.7 Å². The van der Waals surface area contributed by atoms with E-state index in [0.29, 0.717) is 5.92 Å². The molecule has 6 heteroatoms. The zero-order valence-electron chi connectivity index (χ0n) is 11.4. The molecule has 0 fully saturated rings. The molecule has 0 aliphatic rings. The Bertz CT molecular complexity index is 492. The van der Waals surface area contributed by atoms with Crippen LogP contribution >= 0.6 is 11.6 Å². The van der Waals surface area contributed by atoms with Crippen LogP contribution in [0, 0.1) is 18.3 Å². The number of hydrogen-bond donors (Lipinski definition) is 2. The summed E-state index contributed by atoms with van der Waals surface area (Å²) in [6.07, 6.45) is 0.742. The Labute approximate surface area is 122 Å². The predicted molar refractivity (Wildman–Crippen MR) is 75.6 cm³/mol. The highest BCUT2D eigenvalue weighted by molar-refractivity contribution is 6.30. The topological polar surface area (TPSA) is 58.2 Å². The summed E-state index contributed by atoms with van der Waals surface area (Å²) in [4.78, 5) is 23.1. The second kappa shape index (κ2) is 7.85. The molecule has 20 heavy (non-hydrogen) atoms. The number of halogens is 2. The minimum atomic E-state index is -0.721. The van der Waals surface area contributed by atoms with Gasteiger partial charge in [-0.25, -0.2) is 4.39 Å². The number of rotatable bonds is 6. The maximum Gasteiger partial charge on any atom is 0.254 e. The lowest BCUT2D eigenvalue weighted by atomic mass is 10.1. The first kappa shape index (κ1) is 16.4. The SMILES string of the molecule is CC(C)C[CH]NC(=O)CNC(=O)c1ccc(Cl)cc1F. The van der Waals surface area contributed by atoms with Crippen molar-refractivity contribution in [1.82, 2.24) is 10.6 Å². The zero-order valence-corrected chi connectivity index (χ0v) is 12.1. The van der Waals surface area contributed by atoms with Gasteiger partial charge in [-0.3, -0.25) is 9.59 Å². The summed E-state index contributed by atoms with van der Waals surface area (Å²) >= 11 is 5.59. The standard InChI is InChI=1S/C14H17ClFN2O2/c1-9(2)5-6-17-13(19)8-18-14(20)11-4-3-10(15)7-12(11)16/h3-4,6-7,9H,5,8H2,1-2H3,(H,17,19)(H,18,20). The van der Waals surface area contributed by atoms with Crippen LogP contribution in [0.4, 0.5) is 4.39 Å². The van der Waals surface area contributed by atoms with Gasteiger partial charge in [-0.05, 0) is 30.5 Å². The molecule has 0 saturated heterocycles. The summed E-state index contributed by atoms with van der Waals surface area (Å²) in [5.74, 6) is -1.29. The molecular formula is C14H17ClFN2O2. The number of carbonyl (C=O) groups excluding carboxylic acids is 2. The van der Waals surface area contributed by atoms with E-state index in [1.165, 1.54) is 12.1 Å². The summed E-state index contributed by atoms with van der Waals surface area (Å²) in [5, 5.41) is 5.10. The lowest BCUT2D eigenvalue weighted by molar-refractivity contribution is -0.119. The smallest absolute Gasteiger partial charge is 0.254 e. The molecule has 0 bridgehead atoms. The van der Waals surface area contributed by atoms with Crippen molar-refractivity contribution in [3.63, 3.8) is 0 Å². The molecule has 4 nitrogen and oxygen atoms in total. The van der Waals surface area contributed by atoms with Gasteiger partial charge in [0.05, 0.1) is 12.1 Å². The Hall–Kier alpha value is -1.62. The van der Waals surface area contributed by atoms with Crippen molar-refractivity contribution in [2.75, 3.05) is 6.54 Å². The minimum absolute atomic E-state index is 0.145. The second-order valence-electron chi connectivity index (χ2n) is 4.71. The summed E-state index contributed by atoms with van der Waals surface area (Å²) in [5.41, 5.74) is -0.145. The normalized spacial score (nSPS) is 10.4. The fourth-order valence-corrected chi connectivity index (χ4v) is 1.55. The monoisotopic (exact) mass is 299 g/mol. The van der Waals surface area contributed by atoms with Gasteiger partial charge in [-0.15, -0.1) is 0 Å². The lowest BCUT2D eigenvalue weighted by Crippen LogP contribution is -2.36. The molecule has 1 aromatic carbocycles. The maximum atomic E-state index is 13.5. The van der Waals surface area contributed by atoms with E-state index in [1.54, 1.807) is 6.54 Å². The van der Waals surface area contributed by atoms with Gasteiger partial charge in [0.25, 0.3) is 5.91 Å². The van der Waals surface area contributed by atoms with Crippen LogP contribution in [0.1, 0.15) is 30.6 Å². The molecule has 0 unspecified atom stereocenters. The van der Waals surface area contributed by atoms with Crippen molar-refractivity contribution in [1.29, 1.82) is 0 Å². The Morgan fingerprint density at radius 3 is 2.70 bits per heavy atom. The van der Waals surface area contributed by atoms with Gasteiger partial charge in [0.1, 0.15) is 5.82 Å². The van der Waals surface area contributed by atoms with E-state index in [2.05, 4.69) is 10.6 Å². The van der Waals surface area contributed by atoms with Gasteiger partial charge in [-0.2, -0.15) is 0 Å². The van der Waals surface area contributed by atoms with Crippen LogP contribution in [0.2, 0.25) is 5.02 Å². The van der Waals surface area contributed by atoms with Gasteiger partial charge in [0.2, 0.25) is 5.91 Å². The van der Waals surface area contributed by atoms with Crippen molar-refractivity contribution in [2.45, 2.75) is 20.3 Å². The molecule has 109 valence electrons. The van der Waals surface area contributed by atoms with Crippen LogP contribution in [0.15, 0.2) is 18.2 Å². The second-order valence-corrected chi connectivity index (χ2v) is 5.14. The average molecular weight is 300 g/mol. The van der Waals surface area contributed by atoms with Crippen molar-refractivity contribution in [3.8, 4) is 0 Å². The van der Waals surface area contributed by atoms with E-state index in [1.807, 2.05) is 13.8 Å². The highest BCUT2D eigenvalue weighted by atomic mass is 35.5. The zero-order chi connectivity index (χ0) is 15.1. The largest absolute Gasteiger partial charge is 0.350 e. The molecule has 0 aliphatic heterocycles. The summed E-state index contributed by atoms with van der Waals surface area (Å²) in [6.45, 7) is 5.47. The van der Waals surface area contributed by atoms with E-state index in [-0.39, 0.29) is 23.0 Å². The fraction of sp³-hybridized carbons (Fsp3) is 0.357. The van der Waals surface area contributed by atoms with Gasteiger partial charge in [0, 0.05) is 11.6 Å². The molecule has 1 rings (SSSR count). The molecule has 1 radical (unpaired) electrons. The third kappa shape index (κ3) is 5.57. The van der Waals surface area contributed by atoms with E-state index >= 15 is 0 Å². The highest BCUT2D eigenvalue weighted by Crippen LogP contribution is 2.14. The quantitative estimate of drug-likeness (QED) is 0.848. The van der Waals surface area contributed by atoms with Crippen LogP contribution in [0.25, 0.3) is 0 Å². The summed E-state index contributed by atoms with van der Waals surface area (Å²) < 4.78 is 13.5. The molecule has 2 N–H and O–H groups in total. The van der Waals surface area contributed by atoms with Crippen molar-refractivity contribution in [2.24, 2.45) is 5.92 Å². The van der Waals surface area contributed by atoms with E-state index in [0.717, 1.165) is 12.5 Å². The Balaban J connectivity index is 2.41. The van der Waals surface area contributed by atoms with Crippen molar-refractivity contribution >= 4 is 23.4 Å². The first-order valence-electron chi connectivity index (χ1n) is 6.24. The number of benzene rings is 1. The Morgan fingerprint density at radius 2 is 2.10 bits per heavy atom. The number of amides is 2. The third-order valence-electron chi connectivity index (χ3n) is 2.44. The summed E-state index contributed by atoms with van der Waals surface area (Å²) in [6, 6.07) is 3.73. The van der Waals surface area contributed by atoms with Crippen molar-refractivity contribution in [3.05, 3.63) is 41.1 Å². The van der Waals surface area contributed by atoms with Crippen LogP contribution in [-0.2, 0) is 4.79 Å². The molecule has 1 aromatic rings. The van der Waals surface area contributed by atoms with Crippen LogP contribution in [0.5, 0.6) is 0 Å². The van der Waals surface area contributed by atoms with E-state index in [9.17, 15) is 14.0 Å². The number of carbonyl (C=O) groups is 2. The number of nitrogens with one attached hydrogen (secondary N) is 2. The highest BCUT2D eigenvalue weighted by Gasteiger charge is 2.13. The van der Waals surface area contributed by atoms with Gasteiger partial charge in [-0.1, -0.05) is 25.4 Å². The molecule has 0 spiro atoms. The fourth-order valence-electron chi connectivity index (χ4n) is 1.39. The molecule has 2 amide bonds. The minimum Gasteiger partial charge on any atom is -0.350 e. The molecule has 0 heterocycles. The Morgan fingerprint density at radius 1 is 1.40 bits per heavy atom. The maximum absolute atomic E-state index is 13.5. The van der Waals surface area contributed by atoms with Crippen LogP contribution in [0.3, 0.4) is 0 Å². The Kier molecular flexibility index (Phi) is 6.45. The van der Waals surface area contributed by atoms with E-state index in [4.69, 9.17) is 11.6 Å². The van der Waals surface area contributed by atoms with Crippen LogP contribution in [-0.4, -0.2) is 18.4 Å². The number of hydrogen-bond acceptors (Lipinski definition) is 2. The average Bonchev–Trinajstić information content (AvgIpc) is 2.35. The first-order valence-corrected chi connectivity index (χ1v) is 6.62. The van der Waals surface area contributed by atoms with Crippen LogP contribution < -0.4 is 10.6 Å². The van der Waals surface area contributed by atoms with Gasteiger partial charge >= 0.3 is 0 Å². The van der Waals surface area contributed by atoms with Crippen molar-refractivity contribution < 1.29 is 14.0 Å². The van der Waals surface area contributed by atoms with Gasteiger partial charge < -0.3 is 10.6 Å². The molecular weight excluding hydrogens is 283 g/mol. The third-order valence-corrected chi connectivity index (χ3v) is 2.67.